The molecule has 1 aromatic carbocycles. The Morgan fingerprint density at radius 2 is 2.29 bits per heavy atom. The van der Waals surface area contributed by atoms with E-state index >= 15 is 0 Å². The monoisotopic (exact) mass is 238 g/mol. The van der Waals surface area contributed by atoms with Crippen molar-refractivity contribution in [2.45, 2.75) is 25.9 Å². The van der Waals surface area contributed by atoms with Crippen LogP contribution in [0.25, 0.3) is 0 Å². The summed E-state index contributed by atoms with van der Waals surface area (Å²) in [4.78, 5) is 10.7. The number of carbonyl (C=O) groups is 1. The van der Waals surface area contributed by atoms with Crippen molar-refractivity contribution in [2.75, 3.05) is 7.11 Å². The van der Waals surface area contributed by atoms with Crippen molar-refractivity contribution in [1.29, 1.82) is 0 Å². The van der Waals surface area contributed by atoms with Gasteiger partial charge in [0, 0.05) is 30.6 Å². The van der Waals surface area contributed by atoms with Gasteiger partial charge in [-0.25, -0.2) is 0 Å². The third-order valence-corrected chi connectivity index (χ3v) is 2.44. The fourth-order valence-electron chi connectivity index (χ4n) is 1.48. The summed E-state index contributed by atoms with van der Waals surface area (Å²) in [5.74, 6) is 0.434. The van der Waals surface area contributed by atoms with Crippen LogP contribution in [0.5, 0.6) is 11.5 Å². The van der Waals surface area contributed by atoms with E-state index in [1.165, 1.54) is 0 Å². The number of carbonyl (C=O) groups excluding carboxylic acids is 1. The highest BCUT2D eigenvalue weighted by Crippen LogP contribution is 2.23. The van der Waals surface area contributed by atoms with Gasteiger partial charge in [-0.15, -0.1) is 0 Å². The number of ether oxygens (including phenoxy) is 1. The van der Waals surface area contributed by atoms with E-state index in [0.29, 0.717) is 12.3 Å². The predicted molar refractivity (Wildman–Crippen MR) is 64.8 cm³/mol. The quantitative estimate of drug-likeness (QED) is 0.683. The molecule has 0 bridgehead atoms. The van der Waals surface area contributed by atoms with Crippen LogP contribution in [0.4, 0.5) is 0 Å². The number of nitrogens with one attached hydrogen (secondary N) is 1. The smallest absolute Gasteiger partial charge is 0.218 e. The van der Waals surface area contributed by atoms with Crippen LogP contribution in [0.1, 0.15) is 18.9 Å². The van der Waals surface area contributed by atoms with Crippen LogP contribution in [-0.4, -0.2) is 24.2 Å². The Morgan fingerprint density at radius 1 is 1.59 bits per heavy atom. The topological polar surface area (TPSA) is 84.6 Å². The molecule has 0 saturated carbocycles. The Hall–Kier alpha value is -1.75. The summed E-state index contributed by atoms with van der Waals surface area (Å²) in [6, 6.07) is 5.08. The van der Waals surface area contributed by atoms with Crippen molar-refractivity contribution in [1.82, 2.24) is 5.32 Å². The van der Waals surface area contributed by atoms with Gasteiger partial charge in [0.05, 0.1) is 7.11 Å². The van der Waals surface area contributed by atoms with Crippen molar-refractivity contribution < 1.29 is 14.6 Å². The van der Waals surface area contributed by atoms with Gasteiger partial charge in [-0.1, -0.05) is 6.07 Å². The van der Waals surface area contributed by atoms with Gasteiger partial charge in [-0.2, -0.15) is 0 Å². The molecule has 0 aromatic heterocycles. The van der Waals surface area contributed by atoms with Crippen LogP contribution in [0.3, 0.4) is 0 Å². The summed E-state index contributed by atoms with van der Waals surface area (Å²) in [5.41, 5.74) is 5.84. The van der Waals surface area contributed by atoms with Gasteiger partial charge in [0.25, 0.3) is 0 Å². The molecule has 0 aliphatic heterocycles. The minimum absolute atomic E-state index is 0.0194. The molecule has 0 heterocycles. The zero-order chi connectivity index (χ0) is 12.8. The largest absolute Gasteiger partial charge is 0.507 e. The lowest BCUT2D eigenvalue weighted by atomic mass is 10.1. The third-order valence-electron chi connectivity index (χ3n) is 2.44. The maximum atomic E-state index is 10.7. The first kappa shape index (κ1) is 13.3. The van der Waals surface area contributed by atoms with E-state index in [1.807, 2.05) is 6.92 Å². The average Bonchev–Trinajstić information content (AvgIpc) is 2.26. The Bertz CT molecular complexity index is 393. The number of nitrogens with two attached hydrogens (primary N) is 1. The molecule has 5 heteroatoms. The van der Waals surface area contributed by atoms with Crippen LogP contribution in [-0.2, 0) is 11.3 Å². The molecule has 1 atom stereocenters. The van der Waals surface area contributed by atoms with Crippen LogP contribution < -0.4 is 15.8 Å². The van der Waals surface area contributed by atoms with Gasteiger partial charge in [-0.3, -0.25) is 4.79 Å². The number of rotatable bonds is 6. The van der Waals surface area contributed by atoms with E-state index in [2.05, 4.69) is 5.32 Å². The van der Waals surface area contributed by atoms with Crippen LogP contribution in [0, 0.1) is 0 Å². The lowest BCUT2D eigenvalue weighted by molar-refractivity contribution is -0.118. The number of phenols is 1. The summed E-state index contributed by atoms with van der Waals surface area (Å²) < 4.78 is 4.99. The summed E-state index contributed by atoms with van der Waals surface area (Å²) in [5, 5.41) is 12.8. The third kappa shape index (κ3) is 4.32. The number of hydrogen-bond donors (Lipinski definition) is 3. The summed E-state index contributed by atoms with van der Waals surface area (Å²) in [7, 11) is 1.54. The van der Waals surface area contributed by atoms with E-state index in [4.69, 9.17) is 10.5 Å². The zero-order valence-electron chi connectivity index (χ0n) is 10.1. The first-order chi connectivity index (χ1) is 8.02. The molecular weight excluding hydrogens is 220 g/mol. The van der Waals surface area contributed by atoms with E-state index in [1.54, 1.807) is 25.3 Å². The minimum Gasteiger partial charge on any atom is -0.507 e. The first-order valence-corrected chi connectivity index (χ1v) is 5.40. The SMILES string of the molecule is COc1ccc(CNC(C)CC(N)=O)c(O)c1. The molecule has 1 unspecified atom stereocenters. The molecule has 5 nitrogen and oxygen atoms in total. The number of methoxy groups -OCH3 is 1. The number of phenolic OH excluding ortho intramolecular Hbond substituents is 1. The van der Waals surface area contributed by atoms with Gasteiger partial charge in [0.1, 0.15) is 11.5 Å². The van der Waals surface area contributed by atoms with Crippen LogP contribution >= 0.6 is 0 Å². The van der Waals surface area contributed by atoms with E-state index in [-0.39, 0.29) is 24.1 Å². The Labute approximate surface area is 101 Å². The fourth-order valence-corrected chi connectivity index (χ4v) is 1.48. The summed E-state index contributed by atoms with van der Waals surface area (Å²) in [6.45, 7) is 2.34. The molecule has 0 aliphatic rings. The number of hydrogen-bond acceptors (Lipinski definition) is 4. The molecule has 1 rings (SSSR count). The molecule has 0 aliphatic carbocycles. The predicted octanol–water partition coefficient (Wildman–Crippen LogP) is 0.754. The molecule has 0 radical (unpaired) electrons. The van der Waals surface area contributed by atoms with Crippen LogP contribution in [0.2, 0.25) is 0 Å². The number of primary amides is 1. The summed E-state index contributed by atoms with van der Waals surface area (Å²) in [6.07, 6.45) is 0.275. The average molecular weight is 238 g/mol. The molecule has 4 N–H and O–H groups in total. The zero-order valence-corrected chi connectivity index (χ0v) is 10.1. The number of amides is 1. The van der Waals surface area contributed by atoms with Crippen molar-refractivity contribution >= 4 is 5.91 Å². The molecule has 1 amide bonds. The molecular formula is C12H18N2O3. The van der Waals surface area contributed by atoms with E-state index < -0.39 is 0 Å². The molecule has 0 saturated heterocycles. The van der Waals surface area contributed by atoms with Gasteiger partial charge >= 0.3 is 0 Å². The highest BCUT2D eigenvalue weighted by atomic mass is 16.5. The lowest BCUT2D eigenvalue weighted by Gasteiger charge is -2.13. The molecule has 1 aromatic rings. The van der Waals surface area contributed by atoms with Crippen LogP contribution in [0.15, 0.2) is 18.2 Å². The Balaban J connectivity index is 2.54. The maximum absolute atomic E-state index is 10.7. The number of benzene rings is 1. The highest BCUT2D eigenvalue weighted by Gasteiger charge is 2.07. The standard InChI is InChI=1S/C12H18N2O3/c1-8(5-12(13)16)14-7-9-3-4-10(17-2)6-11(9)15/h3-4,6,8,14-15H,5,7H2,1-2H3,(H2,13,16). The van der Waals surface area contributed by atoms with E-state index in [0.717, 1.165) is 5.56 Å². The van der Waals surface area contributed by atoms with E-state index in [9.17, 15) is 9.90 Å². The second-order valence-corrected chi connectivity index (χ2v) is 3.95. The fraction of sp³-hybridized carbons (Fsp3) is 0.417. The lowest BCUT2D eigenvalue weighted by Crippen LogP contribution is -2.30. The first-order valence-electron chi connectivity index (χ1n) is 5.40. The summed E-state index contributed by atoms with van der Waals surface area (Å²) >= 11 is 0. The number of aromatic hydroxyl groups is 1. The van der Waals surface area contributed by atoms with Gasteiger partial charge in [-0.05, 0) is 13.0 Å². The molecule has 0 spiro atoms. The molecule has 0 fully saturated rings. The second kappa shape index (κ2) is 6.10. The molecule has 94 valence electrons. The highest BCUT2D eigenvalue weighted by molar-refractivity contribution is 5.74. The maximum Gasteiger partial charge on any atom is 0.218 e. The van der Waals surface area contributed by atoms with Gasteiger partial charge in [0.15, 0.2) is 0 Å². The van der Waals surface area contributed by atoms with Gasteiger partial charge < -0.3 is 20.9 Å². The Morgan fingerprint density at radius 3 is 2.82 bits per heavy atom. The van der Waals surface area contributed by atoms with Crippen molar-refractivity contribution in [2.24, 2.45) is 5.73 Å². The van der Waals surface area contributed by atoms with Crippen molar-refractivity contribution in [3.05, 3.63) is 23.8 Å². The van der Waals surface area contributed by atoms with Crippen molar-refractivity contribution in [3.8, 4) is 11.5 Å². The minimum atomic E-state index is -0.344. The normalized spacial score (nSPS) is 12.1. The molecule has 17 heavy (non-hydrogen) atoms. The second-order valence-electron chi connectivity index (χ2n) is 3.95. The van der Waals surface area contributed by atoms with Crippen molar-refractivity contribution in [3.63, 3.8) is 0 Å². The Kier molecular flexibility index (Phi) is 4.78. The van der Waals surface area contributed by atoms with Gasteiger partial charge in [0.2, 0.25) is 5.91 Å².